The van der Waals surface area contributed by atoms with Gasteiger partial charge in [-0.3, -0.25) is 4.99 Å². The molecule has 0 saturated carbocycles. The second-order valence-corrected chi connectivity index (χ2v) is 5.24. The van der Waals surface area contributed by atoms with Gasteiger partial charge in [-0.2, -0.15) is 0 Å². The van der Waals surface area contributed by atoms with Crippen molar-refractivity contribution in [3.05, 3.63) is 0 Å². The Morgan fingerprint density at radius 2 is 1.83 bits per heavy atom. The lowest BCUT2D eigenvalue weighted by molar-refractivity contribution is 0.144. The molecule has 7 heteroatoms. The SMILES string of the molecule is CCNC(=NCCCCOCC)NCCN(C)CCCOC.I. The predicted octanol–water partition coefficient (Wildman–Crippen LogP) is 1.94. The molecule has 0 heterocycles. The molecule has 0 unspecified atom stereocenters. The Kier molecular flexibility index (Phi) is 21.8. The van der Waals surface area contributed by atoms with Crippen LogP contribution in [0, 0.1) is 0 Å². The summed E-state index contributed by atoms with van der Waals surface area (Å²) in [6.45, 7) is 11.2. The van der Waals surface area contributed by atoms with Gasteiger partial charge in [0.2, 0.25) is 0 Å². The Balaban J connectivity index is 0. The number of methoxy groups -OCH3 is 1. The summed E-state index contributed by atoms with van der Waals surface area (Å²) in [5.41, 5.74) is 0. The van der Waals surface area contributed by atoms with Crippen LogP contribution in [-0.4, -0.2) is 77.6 Å². The molecule has 0 aromatic heterocycles. The zero-order chi connectivity index (χ0) is 16.5. The van der Waals surface area contributed by atoms with Crippen molar-refractivity contribution >= 4 is 29.9 Å². The molecule has 0 aromatic carbocycles. The van der Waals surface area contributed by atoms with Gasteiger partial charge in [-0.05, 0) is 40.2 Å². The van der Waals surface area contributed by atoms with Gasteiger partial charge in [0.05, 0.1) is 0 Å². The number of nitrogens with zero attached hydrogens (tertiary/aromatic N) is 2. The quantitative estimate of drug-likeness (QED) is 0.186. The molecule has 2 N–H and O–H groups in total. The van der Waals surface area contributed by atoms with Gasteiger partial charge in [-0.25, -0.2) is 0 Å². The zero-order valence-electron chi connectivity index (χ0n) is 15.4. The lowest BCUT2D eigenvalue weighted by atomic mass is 10.3. The zero-order valence-corrected chi connectivity index (χ0v) is 17.7. The van der Waals surface area contributed by atoms with E-state index in [1.54, 1.807) is 7.11 Å². The van der Waals surface area contributed by atoms with E-state index in [0.29, 0.717) is 0 Å². The maximum absolute atomic E-state index is 5.33. The number of ether oxygens (including phenoxy) is 2. The first kappa shape index (κ1) is 25.1. The van der Waals surface area contributed by atoms with Crippen LogP contribution in [0.4, 0.5) is 0 Å². The van der Waals surface area contributed by atoms with Gasteiger partial charge in [-0.1, -0.05) is 0 Å². The molecule has 23 heavy (non-hydrogen) atoms. The van der Waals surface area contributed by atoms with E-state index in [1.165, 1.54) is 0 Å². The first-order chi connectivity index (χ1) is 10.7. The van der Waals surface area contributed by atoms with Crippen LogP contribution in [0.1, 0.15) is 33.1 Å². The standard InChI is InChI=1S/C16H36N4O2.HI/c1-5-17-16(18-10-7-8-15-22-6-2)19-11-13-20(3)12-9-14-21-4;/h5-15H2,1-4H3,(H2,17,18,19);1H. The summed E-state index contributed by atoms with van der Waals surface area (Å²) in [7, 11) is 3.88. The maximum Gasteiger partial charge on any atom is 0.191 e. The predicted molar refractivity (Wildman–Crippen MR) is 109 cm³/mol. The molecule has 0 spiro atoms. The van der Waals surface area contributed by atoms with Crippen LogP contribution in [0.5, 0.6) is 0 Å². The van der Waals surface area contributed by atoms with Gasteiger partial charge in [0, 0.05) is 59.7 Å². The first-order valence-corrected chi connectivity index (χ1v) is 8.52. The van der Waals surface area contributed by atoms with Crippen molar-refractivity contribution in [3.8, 4) is 0 Å². The molecule has 0 bridgehead atoms. The average molecular weight is 444 g/mol. The molecule has 0 radical (unpaired) electrons. The molecule has 0 fully saturated rings. The molecule has 0 rings (SSSR count). The van der Waals surface area contributed by atoms with Crippen molar-refractivity contribution < 1.29 is 9.47 Å². The molecule has 0 aromatic rings. The highest BCUT2D eigenvalue weighted by molar-refractivity contribution is 14.0. The van der Waals surface area contributed by atoms with Crippen LogP contribution in [0.2, 0.25) is 0 Å². The van der Waals surface area contributed by atoms with Gasteiger partial charge in [-0.15, -0.1) is 24.0 Å². The smallest absolute Gasteiger partial charge is 0.191 e. The summed E-state index contributed by atoms with van der Waals surface area (Å²) < 4.78 is 10.4. The lowest BCUT2D eigenvalue weighted by Crippen LogP contribution is -2.41. The summed E-state index contributed by atoms with van der Waals surface area (Å²) in [6, 6.07) is 0. The van der Waals surface area contributed by atoms with Gasteiger partial charge < -0.3 is 25.0 Å². The van der Waals surface area contributed by atoms with E-state index in [1.807, 2.05) is 6.92 Å². The van der Waals surface area contributed by atoms with Gasteiger partial charge >= 0.3 is 0 Å². The molecule has 0 aliphatic rings. The van der Waals surface area contributed by atoms with E-state index in [9.17, 15) is 0 Å². The van der Waals surface area contributed by atoms with Crippen LogP contribution < -0.4 is 10.6 Å². The number of hydrogen-bond acceptors (Lipinski definition) is 4. The van der Waals surface area contributed by atoms with E-state index in [0.717, 1.165) is 77.8 Å². The number of unbranched alkanes of at least 4 members (excludes halogenated alkanes) is 1. The Morgan fingerprint density at radius 3 is 2.48 bits per heavy atom. The Morgan fingerprint density at radius 1 is 1.04 bits per heavy atom. The summed E-state index contributed by atoms with van der Waals surface area (Å²) in [6.07, 6.45) is 3.20. The third kappa shape index (κ3) is 18.1. The third-order valence-corrected chi connectivity index (χ3v) is 3.19. The van der Waals surface area contributed by atoms with Crippen molar-refractivity contribution in [1.82, 2.24) is 15.5 Å². The van der Waals surface area contributed by atoms with E-state index < -0.39 is 0 Å². The van der Waals surface area contributed by atoms with E-state index in [-0.39, 0.29) is 24.0 Å². The third-order valence-electron chi connectivity index (χ3n) is 3.19. The number of hydrogen-bond donors (Lipinski definition) is 2. The van der Waals surface area contributed by atoms with Crippen LogP contribution in [-0.2, 0) is 9.47 Å². The summed E-state index contributed by atoms with van der Waals surface area (Å²) in [5, 5.41) is 6.66. The summed E-state index contributed by atoms with van der Waals surface area (Å²) >= 11 is 0. The summed E-state index contributed by atoms with van der Waals surface area (Å²) in [4.78, 5) is 6.89. The topological polar surface area (TPSA) is 58.1 Å². The highest BCUT2D eigenvalue weighted by Gasteiger charge is 2.00. The Hall–Kier alpha value is -0.120. The minimum atomic E-state index is 0. The molecule has 0 aliphatic heterocycles. The van der Waals surface area contributed by atoms with E-state index in [4.69, 9.17) is 9.47 Å². The number of rotatable bonds is 14. The molecule has 0 atom stereocenters. The van der Waals surface area contributed by atoms with E-state index in [2.05, 4.69) is 34.5 Å². The van der Waals surface area contributed by atoms with Crippen molar-refractivity contribution in [2.45, 2.75) is 33.1 Å². The number of likely N-dealkylation sites (N-methyl/N-ethyl adjacent to an activating group) is 1. The van der Waals surface area contributed by atoms with Crippen molar-refractivity contribution in [2.24, 2.45) is 4.99 Å². The monoisotopic (exact) mass is 444 g/mol. The van der Waals surface area contributed by atoms with E-state index >= 15 is 0 Å². The van der Waals surface area contributed by atoms with Crippen molar-refractivity contribution in [3.63, 3.8) is 0 Å². The van der Waals surface area contributed by atoms with Crippen LogP contribution in [0.25, 0.3) is 0 Å². The number of guanidine groups is 1. The fraction of sp³-hybridized carbons (Fsp3) is 0.938. The largest absolute Gasteiger partial charge is 0.385 e. The fourth-order valence-electron chi connectivity index (χ4n) is 1.95. The molecule has 0 amide bonds. The number of aliphatic imine (C=N–C) groups is 1. The minimum absolute atomic E-state index is 0. The molecule has 140 valence electrons. The Labute approximate surface area is 159 Å². The van der Waals surface area contributed by atoms with Gasteiger partial charge in [0.15, 0.2) is 5.96 Å². The second kappa shape index (κ2) is 19.9. The van der Waals surface area contributed by atoms with Gasteiger partial charge in [0.25, 0.3) is 0 Å². The Bertz CT molecular complexity index is 268. The molecular weight excluding hydrogens is 407 g/mol. The molecule has 0 aliphatic carbocycles. The summed E-state index contributed by atoms with van der Waals surface area (Å²) in [5.74, 6) is 0.907. The van der Waals surface area contributed by atoms with Gasteiger partial charge in [0.1, 0.15) is 0 Å². The number of nitrogens with one attached hydrogen (secondary N) is 2. The van der Waals surface area contributed by atoms with Crippen molar-refractivity contribution in [1.29, 1.82) is 0 Å². The minimum Gasteiger partial charge on any atom is -0.385 e. The second-order valence-electron chi connectivity index (χ2n) is 5.24. The van der Waals surface area contributed by atoms with Crippen LogP contribution >= 0.6 is 24.0 Å². The van der Waals surface area contributed by atoms with Crippen LogP contribution in [0.3, 0.4) is 0 Å². The highest BCUT2D eigenvalue weighted by Crippen LogP contribution is 1.91. The lowest BCUT2D eigenvalue weighted by Gasteiger charge is -2.18. The molecule has 6 nitrogen and oxygen atoms in total. The van der Waals surface area contributed by atoms with Crippen LogP contribution in [0.15, 0.2) is 4.99 Å². The van der Waals surface area contributed by atoms with Crippen molar-refractivity contribution in [2.75, 3.05) is 66.7 Å². The molecule has 0 saturated heterocycles. The molecular formula is C16H37IN4O2. The number of halogens is 1. The fourth-order valence-corrected chi connectivity index (χ4v) is 1.95. The maximum atomic E-state index is 5.33. The average Bonchev–Trinajstić information content (AvgIpc) is 2.51. The normalized spacial score (nSPS) is 11.4. The highest BCUT2D eigenvalue weighted by atomic mass is 127. The first-order valence-electron chi connectivity index (χ1n) is 8.52.